The van der Waals surface area contributed by atoms with Gasteiger partial charge in [0.25, 0.3) is 0 Å². The summed E-state index contributed by atoms with van der Waals surface area (Å²) in [5, 5.41) is 17.1. The zero-order valence-corrected chi connectivity index (χ0v) is 14.0. The fourth-order valence-corrected chi connectivity index (χ4v) is 3.55. The number of hydrazone groups is 1. The van der Waals surface area contributed by atoms with Gasteiger partial charge in [-0.3, -0.25) is 5.01 Å². The van der Waals surface area contributed by atoms with Crippen molar-refractivity contribution in [1.29, 1.82) is 0 Å². The number of hydrogen-bond acceptors (Lipinski definition) is 4. The average Bonchev–Trinajstić information content (AvgIpc) is 3.00. The maximum absolute atomic E-state index is 10.2. The van der Waals surface area contributed by atoms with Crippen LogP contribution in [-0.2, 0) is 0 Å². The van der Waals surface area contributed by atoms with E-state index in [1.54, 1.807) is 6.07 Å². The molecule has 24 heavy (non-hydrogen) atoms. The Morgan fingerprint density at radius 3 is 2.71 bits per heavy atom. The van der Waals surface area contributed by atoms with Gasteiger partial charge >= 0.3 is 0 Å². The molecule has 124 valence electrons. The smallest absolute Gasteiger partial charge is 0.188 e. The van der Waals surface area contributed by atoms with Crippen LogP contribution in [0.25, 0.3) is 0 Å². The van der Waals surface area contributed by atoms with Crippen molar-refractivity contribution in [3.05, 3.63) is 59.7 Å². The lowest BCUT2D eigenvalue weighted by Gasteiger charge is -2.38. The Labute approximate surface area is 142 Å². The van der Waals surface area contributed by atoms with Gasteiger partial charge in [0, 0.05) is 24.0 Å². The lowest BCUT2D eigenvalue weighted by atomic mass is 9.95. The maximum atomic E-state index is 10.2. The number of phenols is 1. The lowest BCUT2D eigenvalue weighted by Crippen LogP contribution is -2.41. The summed E-state index contributed by atoms with van der Waals surface area (Å²) in [6.45, 7) is 4.39. The summed E-state index contributed by atoms with van der Waals surface area (Å²) in [5.41, 5.74) is 2.91. The van der Waals surface area contributed by atoms with Crippen LogP contribution in [0.2, 0.25) is 0 Å². The van der Waals surface area contributed by atoms with Crippen LogP contribution in [0.4, 0.5) is 0 Å². The third kappa shape index (κ3) is 2.52. The van der Waals surface area contributed by atoms with Crippen molar-refractivity contribution in [3.8, 4) is 11.5 Å². The molecular formula is C20H22N2O2. The molecular weight excluding hydrogens is 300 g/mol. The Balaban J connectivity index is 1.74. The molecule has 0 bridgehead atoms. The Hall–Kier alpha value is -2.49. The second-order valence-electron chi connectivity index (χ2n) is 6.90. The molecule has 0 radical (unpaired) electrons. The first-order valence-electron chi connectivity index (χ1n) is 8.53. The van der Waals surface area contributed by atoms with Crippen LogP contribution in [0.5, 0.6) is 11.5 Å². The quantitative estimate of drug-likeness (QED) is 0.916. The number of rotatable bonds is 3. The van der Waals surface area contributed by atoms with E-state index in [-0.39, 0.29) is 18.0 Å². The molecule has 0 spiro atoms. The zero-order valence-electron chi connectivity index (χ0n) is 14.0. The van der Waals surface area contributed by atoms with Crippen molar-refractivity contribution >= 4 is 5.71 Å². The third-order valence-electron chi connectivity index (χ3n) is 4.67. The first-order chi connectivity index (χ1) is 11.6. The van der Waals surface area contributed by atoms with Gasteiger partial charge in [-0.05, 0) is 24.1 Å². The van der Waals surface area contributed by atoms with E-state index >= 15 is 0 Å². The molecule has 2 heterocycles. The molecule has 0 aromatic heterocycles. The van der Waals surface area contributed by atoms with E-state index in [1.807, 2.05) is 36.4 Å². The van der Waals surface area contributed by atoms with Crippen LogP contribution in [0, 0.1) is 5.92 Å². The fraction of sp³-hybridized carbons (Fsp3) is 0.350. The van der Waals surface area contributed by atoms with E-state index in [0.717, 1.165) is 29.9 Å². The van der Waals surface area contributed by atoms with Crippen molar-refractivity contribution < 1.29 is 9.84 Å². The van der Waals surface area contributed by atoms with Crippen LogP contribution in [0.3, 0.4) is 0 Å². The van der Waals surface area contributed by atoms with E-state index < -0.39 is 0 Å². The van der Waals surface area contributed by atoms with Gasteiger partial charge in [0.15, 0.2) is 6.23 Å². The second kappa shape index (κ2) is 5.86. The number of para-hydroxylation sites is 2. The van der Waals surface area contributed by atoms with E-state index in [2.05, 4.69) is 24.9 Å². The van der Waals surface area contributed by atoms with Crippen LogP contribution < -0.4 is 4.74 Å². The lowest BCUT2D eigenvalue weighted by molar-refractivity contribution is -0.0291. The topological polar surface area (TPSA) is 45.1 Å². The molecule has 0 saturated heterocycles. The summed E-state index contributed by atoms with van der Waals surface area (Å²) < 4.78 is 6.23. The first kappa shape index (κ1) is 15.1. The van der Waals surface area contributed by atoms with Crippen LogP contribution >= 0.6 is 0 Å². The average molecular weight is 322 g/mol. The molecule has 4 rings (SSSR count). The Kier molecular flexibility index (Phi) is 3.68. The molecule has 0 fully saturated rings. The zero-order chi connectivity index (χ0) is 16.7. The van der Waals surface area contributed by atoms with Gasteiger partial charge in [-0.2, -0.15) is 5.10 Å². The molecule has 2 aromatic carbocycles. The van der Waals surface area contributed by atoms with E-state index in [1.165, 1.54) is 5.56 Å². The highest BCUT2D eigenvalue weighted by atomic mass is 16.5. The minimum atomic E-state index is -0.0618. The van der Waals surface area contributed by atoms with Gasteiger partial charge in [0.2, 0.25) is 0 Å². The largest absolute Gasteiger partial charge is 0.507 e. The minimum absolute atomic E-state index is 0.0618. The van der Waals surface area contributed by atoms with Crippen molar-refractivity contribution in [2.75, 3.05) is 0 Å². The van der Waals surface area contributed by atoms with Crippen LogP contribution in [-0.4, -0.2) is 22.1 Å². The highest BCUT2D eigenvalue weighted by molar-refractivity contribution is 6.04. The normalized spacial score (nSPS) is 22.0. The summed E-state index contributed by atoms with van der Waals surface area (Å²) in [6.07, 6.45) is 1.64. The highest BCUT2D eigenvalue weighted by Gasteiger charge is 2.40. The number of phenolic OH excluding ortho intramolecular Hbond substituents is 1. The van der Waals surface area contributed by atoms with Crippen molar-refractivity contribution in [3.63, 3.8) is 0 Å². The van der Waals surface area contributed by atoms with Crippen LogP contribution in [0.1, 0.15) is 43.9 Å². The predicted molar refractivity (Wildman–Crippen MR) is 94.2 cm³/mol. The predicted octanol–water partition coefficient (Wildman–Crippen LogP) is 4.31. The standard InChI is InChI=1S/C20H22N2O2/c1-13(2)11-20-22-17(15-8-4-6-10-19(15)24-20)12-16(21-22)14-7-3-5-9-18(14)23/h3-10,13,17,20,23H,11-12H2,1-2H3/t17-,20-/m1/s1. The summed E-state index contributed by atoms with van der Waals surface area (Å²) in [7, 11) is 0. The number of fused-ring (bicyclic) bond motifs is 3. The molecule has 2 atom stereocenters. The van der Waals surface area contributed by atoms with Crippen molar-refractivity contribution in [1.82, 2.24) is 5.01 Å². The van der Waals surface area contributed by atoms with Gasteiger partial charge in [-0.1, -0.05) is 44.2 Å². The molecule has 4 heteroatoms. The van der Waals surface area contributed by atoms with Gasteiger partial charge in [0.05, 0.1) is 11.8 Å². The second-order valence-corrected chi connectivity index (χ2v) is 6.90. The molecule has 4 nitrogen and oxygen atoms in total. The maximum Gasteiger partial charge on any atom is 0.188 e. The summed E-state index contributed by atoms with van der Waals surface area (Å²) >= 11 is 0. The van der Waals surface area contributed by atoms with E-state index in [4.69, 9.17) is 9.84 Å². The molecule has 2 aliphatic heterocycles. The van der Waals surface area contributed by atoms with Gasteiger partial charge in [-0.25, -0.2) is 0 Å². The minimum Gasteiger partial charge on any atom is -0.507 e. The number of hydrogen-bond donors (Lipinski definition) is 1. The summed E-state index contributed by atoms with van der Waals surface area (Å²) in [5.74, 6) is 1.76. The molecule has 0 saturated carbocycles. The van der Waals surface area contributed by atoms with Gasteiger partial charge in [0.1, 0.15) is 11.5 Å². The number of aromatic hydroxyl groups is 1. The number of benzene rings is 2. The Morgan fingerprint density at radius 2 is 1.92 bits per heavy atom. The fourth-order valence-electron chi connectivity index (χ4n) is 3.55. The molecule has 2 aromatic rings. The summed E-state index contributed by atoms with van der Waals surface area (Å²) in [4.78, 5) is 0. The van der Waals surface area contributed by atoms with E-state index in [9.17, 15) is 5.11 Å². The SMILES string of the molecule is CC(C)C[C@H]1Oc2ccccc2[C@H]2CC(c3ccccc3O)=NN21. The van der Waals surface area contributed by atoms with Crippen molar-refractivity contribution in [2.45, 2.75) is 39.0 Å². The van der Waals surface area contributed by atoms with Crippen molar-refractivity contribution in [2.24, 2.45) is 11.0 Å². The highest BCUT2D eigenvalue weighted by Crippen LogP contribution is 2.44. The van der Waals surface area contributed by atoms with Gasteiger partial charge in [-0.15, -0.1) is 0 Å². The van der Waals surface area contributed by atoms with Crippen LogP contribution in [0.15, 0.2) is 53.6 Å². The Morgan fingerprint density at radius 1 is 1.17 bits per heavy atom. The monoisotopic (exact) mass is 322 g/mol. The van der Waals surface area contributed by atoms with E-state index in [0.29, 0.717) is 5.92 Å². The first-order valence-corrected chi connectivity index (χ1v) is 8.53. The number of ether oxygens (including phenoxy) is 1. The molecule has 0 amide bonds. The molecule has 2 aliphatic rings. The molecule has 1 N–H and O–H groups in total. The summed E-state index contributed by atoms with van der Waals surface area (Å²) in [6, 6.07) is 15.8. The Bertz CT molecular complexity index is 785. The molecule has 0 aliphatic carbocycles. The third-order valence-corrected chi connectivity index (χ3v) is 4.67. The van der Waals surface area contributed by atoms with Gasteiger partial charge < -0.3 is 9.84 Å². The molecule has 0 unspecified atom stereocenters. The number of nitrogens with zero attached hydrogens (tertiary/aromatic N) is 2.